The van der Waals surface area contributed by atoms with E-state index >= 15 is 0 Å². The Balaban J connectivity index is 1.62. The van der Waals surface area contributed by atoms with Gasteiger partial charge in [0, 0.05) is 4.47 Å². The third-order valence-corrected chi connectivity index (χ3v) is 6.39. The summed E-state index contributed by atoms with van der Waals surface area (Å²) < 4.78 is 22.3. The SMILES string of the molecule is COc1ccc(-n2c(SCC(=O)Nc3ccc(C)cc3Br)nnc2-c2ccccc2F)cc1. The molecular weight excluding hydrogens is 507 g/mol. The van der Waals surface area contributed by atoms with Crippen LogP contribution >= 0.6 is 27.7 Å². The minimum atomic E-state index is -0.404. The van der Waals surface area contributed by atoms with Crippen molar-refractivity contribution >= 4 is 39.3 Å². The molecule has 0 bridgehead atoms. The van der Waals surface area contributed by atoms with E-state index in [1.807, 2.05) is 37.3 Å². The van der Waals surface area contributed by atoms with Gasteiger partial charge in [0.2, 0.25) is 5.91 Å². The summed E-state index contributed by atoms with van der Waals surface area (Å²) in [6, 6.07) is 19.4. The van der Waals surface area contributed by atoms with E-state index in [0.29, 0.717) is 28.0 Å². The van der Waals surface area contributed by atoms with Crippen LogP contribution in [0.5, 0.6) is 5.75 Å². The van der Waals surface area contributed by atoms with Crippen molar-refractivity contribution in [3.63, 3.8) is 0 Å². The van der Waals surface area contributed by atoms with E-state index in [1.165, 1.54) is 17.8 Å². The third-order valence-electron chi connectivity index (χ3n) is 4.81. The summed E-state index contributed by atoms with van der Waals surface area (Å²) in [7, 11) is 1.59. The number of aromatic nitrogens is 3. The Labute approximate surface area is 203 Å². The van der Waals surface area contributed by atoms with Crippen LogP contribution in [0.1, 0.15) is 5.56 Å². The lowest BCUT2D eigenvalue weighted by atomic mass is 10.2. The zero-order chi connectivity index (χ0) is 23.4. The molecule has 0 aliphatic rings. The molecule has 0 spiro atoms. The summed E-state index contributed by atoms with van der Waals surface area (Å²) in [6.45, 7) is 1.98. The van der Waals surface area contributed by atoms with Gasteiger partial charge in [-0.15, -0.1) is 10.2 Å². The molecule has 4 aromatic rings. The molecule has 0 fully saturated rings. The molecule has 0 unspecified atom stereocenters. The van der Waals surface area contributed by atoms with Gasteiger partial charge in [0.05, 0.1) is 29.8 Å². The van der Waals surface area contributed by atoms with Crippen LogP contribution < -0.4 is 10.1 Å². The molecule has 3 aromatic carbocycles. The molecule has 1 amide bonds. The number of nitrogens with one attached hydrogen (secondary N) is 1. The second kappa shape index (κ2) is 10.2. The van der Waals surface area contributed by atoms with Gasteiger partial charge >= 0.3 is 0 Å². The van der Waals surface area contributed by atoms with Gasteiger partial charge in [-0.25, -0.2) is 4.39 Å². The average Bonchev–Trinajstić information content (AvgIpc) is 3.23. The van der Waals surface area contributed by atoms with Crippen molar-refractivity contribution < 1.29 is 13.9 Å². The first-order valence-electron chi connectivity index (χ1n) is 10.00. The Hall–Kier alpha value is -3.17. The standard InChI is InChI=1S/C24H20BrFN4O2S/c1-15-7-12-21(19(25)13-15)27-22(31)14-33-24-29-28-23(18-5-3-4-6-20(18)26)30(24)16-8-10-17(32-2)11-9-16/h3-13H,14H2,1-2H3,(H,27,31). The lowest BCUT2D eigenvalue weighted by molar-refractivity contribution is -0.113. The third kappa shape index (κ3) is 5.26. The largest absolute Gasteiger partial charge is 0.497 e. The van der Waals surface area contributed by atoms with E-state index in [-0.39, 0.29) is 11.7 Å². The molecule has 0 aliphatic heterocycles. The van der Waals surface area contributed by atoms with Crippen LogP contribution in [-0.4, -0.2) is 33.5 Å². The lowest BCUT2D eigenvalue weighted by Crippen LogP contribution is -2.15. The van der Waals surface area contributed by atoms with Crippen molar-refractivity contribution in [2.45, 2.75) is 12.1 Å². The van der Waals surface area contributed by atoms with E-state index in [2.05, 4.69) is 31.4 Å². The highest BCUT2D eigenvalue weighted by atomic mass is 79.9. The minimum Gasteiger partial charge on any atom is -0.497 e. The predicted molar refractivity (Wildman–Crippen MR) is 132 cm³/mol. The van der Waals surface area contributed by atoms with E-state index in [0.717, 1.165) is 15.7 Å². The zero-order valence-corrected chi connectivity index (χ0v) is 20.3. The maximum absolute atomic E-state index is 14.5. The van der Waals surface area contributed by atoms with E-state index < -0.39 is 5.82 Å². The quantitative estimate of drug-likeness (QED) is 0.304. The Morgan fingerprint density at radius 2 is 1.88 bits per heavy atom. The Kier molecular flexibility index (Phi) is 7.10. The van der Waals surface area contributed by atoms with Crippen molar-refractivity contribution in [3.8, 4) is 22.8 Å². The Morgan fingerprint density at radius 3 is 2.58 bits per heavy atom. The maximum Gasteiger partial charge on any atom is 0.234 e. The van der Waals surface area contributed by atoms with Crippen molar-refractivity contribution in [1.29, 1.82) is 0 Å². The highest BCUT2D eigenvalue weighted by Gasteiger charge is 2.19. The van der Waals surface area contributed by atoms with Gasteiger partial charge in [-0.3, -0.25) is 9.36 Å². The fourth-order valence-corrected chi connectivity index (χ4v) is 4.53. The van der Waals surface area contributed by atoms with Gasteiger partial charge in [-0.05, 0) is 76.9 Å². The highest BCUT2D eigenvalue weighted by Crippen LogP contribution is 2.30. The number of carbonyl (C=O) groups excluding carboxylic acids is 1. The molecule has 4 rings (SSSR count). The first-order valence-corrected chi connectivity index (χ1v) is 11.8. The van der Waals surface area contributed by atoms with Crippen LogP contribution in [0.25, 0.3) is 17.1 Å². The number of hydrogen-bond donors (Lipinski definition) is 1. The lowest BCUT2D eigenvalue weighted by Gasteiger charge is -2.12. The van der Waals surface area contributed by atoms with E-state index in [9.17, 15) is 9.18 Å². The molecule has 6 nitrogen and oxygen atoms in total. The molecule has 1 heterocycles. The summed E-state index contributed by atoms with van der Waals surface area (Å²) in [6.07, 6.45) is 0. The van der Waals surface area contributed by atoms with E-state index in [1.54, 1.807) is 42.0 Å². The topological polar surface area (TPSA) is 69.0 Å². The van der Waals surface area contributed by atoms with Crippen LogP contribution in [0.2, 0.25) is 0 Å². The van der Waals surface area contributed by atoms with Gasteiger partial charge in [-0.2, -0.15) is 0 Å². The fraction of sp³-hybridized carbons (Fsp3) is 0.125. The van der Waals surface area contributed by atoms with Gasteiger partial charge in [-0.1, -0.05) is 30.0 Å². The molecule has 0 saturated heterocycles. The molecule has 168 valence electrons. The number of rotatable bonds is 7. The summed E-state index contributed by atoms with van der Waals surface area (Å²) >= 11 is 4.69. The average molecular weight is 527 g/mol. The van der Waals surface area contributed by atoms with Gasteiger partial charge in [0.25, 0.3) is 0 Å². The fourth-order valence-electron chi connectivity index (χ4n) is 3.18. The monoisotopic (exact) mass is 526 g/mol. The predicted octanol–water partition coefficient (Wildman–Crippen LogP) is 5.88. The number of benzene rings is 3. The molecule has 0 atom stereocenters. The number of anilines is 1. The highest BCUT2D eigenvalue weighted by molar-refractivity contribution is 9.10. The number of nitrogens with zero attached hydrogens (tertiary/aromatic N) is 3. The van der Waals surface area contributed by atoms with Crippen molar-refractivity contribution in [1.82, 2.24) is 14.8 Å². The number of aryl methyl sites for hydroxylation is 1. The number of thioether (sulfide) groups is 1. The van der Waals surface area contributed by atoms with Crippen LogP contribution in [0.4, 0.5) is 10.1 Å². The van der Waals surface area contributed by atoms with Crippen molar-refractivity contribution in [2.75, 3.05) is 18.2 Å². The van der Waals surface area contributed by atoms with Crippen LogP contribution in [-0.2, 0) is 4.79 Å². The smallest absolute Gasteiger partial charge is 0.234 e. The maximum atomic E-state index is 14.5. The number of amides is 1. The molecule has 0 saturated carbocycles. The number of halogens is 2. The van der Waals surface area contributed by atoms with Crippen LogP contribution in [0.3, 0.4) is 0 Å². The molecule has 33 heavy (non-hydrogen) atoms. The minimum absolute atomic E-state index is 0.103. The summed E-state index contributed by atoms with van der Waals surface area (Å²) in [5.41, 5.74) is 2.82. The second-order valence-electron chi connectivity index (χ2n) is 7.14. The van der Waals surface area contributed by atoms with Gasteiger partial charge < -0.3 is 10.1 Å². The second-order valence-corrected chi connectivity index (χ2v) is 8.94. The molecule has 0 radical (unpaired) electrons. The van der Waals surface area contributed by atoms with Crippen molar-refractivity contribution in [3.05, 3.63) is 82.6 Å². The van der Waals surface area contributed by atoms with Gasteiger partial charge in [0.15, 0.2) is 11.0 Å². The van der Waals surface area contributed by atoms with Gasteiger partial charge in [0.1, 0.15) is 11.6 Å². The number of carbonyl (C=O) groups is 1. The summed E-state index contributed by atoms with van der Waals surface area (Å²) in [5, 5.41) is 11.8. The molecule has 9 heteroatoms. The molecule has 1 N–H and O–H groups in total. The normalized spacial score (nSPS) is 10.8. The Bertz CT molecular complexity index is 1290. The van der Waals surface area contributed by atoms with E-state index in [4.69, 9.17) is 4.74 Å². The van der Waals surface area contributed by atoms with Crippen LogP contribution in [0.15, 0.2) is 76.4 Å². The first kappa shape index (κ1) is 23.0. The molecular formula is C24H20BrFN4O2S. The Morgan fingerprint density at radius 1 is 1.12 bits per heavy atom. The number of methoxy groups -OCH3 is 1. The van der Waals surface area contributed by atoms with Crippen LogP contribution in [0, 0.1) is 12.7 Å². The summed E-state index contributed by atoms with van der Waals surface area (Å²) in [5.74, 6) is 0.546. The molecule has 1 aromatic heterocycles. The van der Waals surface area contributed by atoms with Crippen molar-refractivity contribution in [2.24, 2.45) is 0 Å². The zero-order valence-electron chi connectivity index (χ0n) is 17.9. The summed E-state index contributed by atoms with van der Waals surface area (Å²) in [4.78, 5) is 12.6. The first-order chi connectivity index (χ1) is 16.0. The number of ether oxygens (including phenoxy) is 1. The number of hydrogen-bond acceptors (Lipinski definition) is 5. The molecule has 0 aliphatic carbocycles.